The summed E-state index contributed by atoms with van der Waals surface area (Å²) in [6.45, 7) is 1.72. The number of aromatic nitrogens is 3. The number of nitrogens with one attached hydrogen (secondary N) is 1. The number of pyridine rings is 1. The molecule has 0 radical (unpaired) electrons. The van der Waals surface area contributed by atoms with E-state index >= 15 is 0 Å². The van der Waals surface area contributed by atoms with E-state index in [1.807, 2.05) is 11.6 Å². The summed E-state index contributed by atoms with van der Waals surface area (Å²) >= 11 is 0. The van der Waals surface area contributed by atoms with E-state index in [1.54, 1.807) is 6.07 Å². The van der Waals surface area contributed by atoms with Crippen LogP contribution in [-0.2, 0) is 6.54 Å². The van der Waals surface area contributed by atoms with E-state index < -0.39 is 5.91 Å². The second-order valence-corrected chi connectivity index (χ2v) is 4.36. The third-order valence-corrected chi connectivity index (χ3v) is 2.96. The molecule has 102 valence electrons. The van der Waals surface area contributed by atoms with Crippen LogP contribution < -0.4 is 16.8 Å². The number of nitrogens with zero attached hydrogens (tertiary/aromatic N) is 3. The first-order chi connectivity index (χ1) is 9.13. The Morgan fingerprint density at radius 2 is 2.26 bits per heavy atom. The summed E-state index contributed by atoms with van der Waals surface area (Å²) < 4.78 is 1.86. The number of rotatable bonds is 6. The molecule has 7 heteroatoms. The minimum absolute atomic E-state index is 0.340. The van der Waals surface area contributed by atoms with Crippen LogP contribution >= 0.6 is 0 Å². The fourth-order valence-corrected chi connectivity index (χ4v) is 1.96. The lowest BCUT2D eigenvalue weighted by atomic mass is 10.2. The number of amides is 1. The predicted molar refractivity (Wildman–Crippen MR) is 73.6 cm³/mol. The van der Waals surface area contributed by atoms with Crippen molar-refractivity contribution in [2.45, 2.75) is 19.4 Å². The molecule has 2 aromatic heterocycles. The van der Waals surface area contributed by atoms with Crippen LogP contribution in [0.1, 0.15) is 23.2 Å². The Balaban J connectivity index is 2.24. The Labute approximate surface area is 111 Å². The molecule has 0 aliphatic rings. The summed E-state index contributed by atoms with van der Waals surface area (Å²) in [7, 11) is 1.92. The Kier molecular flexibility index (Phi) is 3.96. The molecule has 0 bridgehead atoms. The second-order valence-electron chi connectivity index (χ2n) is 4.36. The number of anilines is 1. The quantitative estimate of drug-likeness (QED) is 0.640. The van der Waals surface area contributed by atoms with Gasteiger partial charge in [-0.25, -0.2) is 9.97 Å². The zero-order valence-corrected chi connectivity index (χ0v) is 10.9. The van der Waals surface area contributed by atoms with Gasteiger partial charge in [0.25, 0.3) is 0 Å². The van der Waals surface area contributed by atoms with E-state index in [0.717, 1.165) is 25.9 Å². The Bertz CT molecular complexity index is 591. The normalized spacial score (nSPS) is 11.0. The van der Waals surface area contributed by atoms with E-state index in [0.29, 0.717) is 22.7 Å². The van der Waals surface area contributed by atoms with Crippen LogP contribution in [0, 0.1) is 0 Å². The van der Waals surface area contributed by atoms with Gasteiger partial charge in [-0.15, -0.1) is 0 Å². The van der Waals surface area contributed by atoms with Crippen molar-refractivity contribution in [2.75, 3.05) is 19.3 Å². The fraction of sp³-hybridized carbons (Fsp3) is 0.417. The minimum Gasteiger partial charge on any atom is -0.369 e. The third kappa shape index (κ3) is 2.82. The first kappa shape index (κ1) is 13.3. The van der Waals surface area contributed by atoms with Crippen molar-refractivity contribution in [3.63, 3.8) is 0 Å². The summed E-state index contributed by atoms with van der Waals surface area (Å²) in [4.78, 5) is 19.5. The summed E-state index contributed by atoms with van der Waals surface area (Å²) in [6, 6.07) is 1.62. The summed E-state index contributed by atoms with van der Waals surface area (Å²) in [5, 5.41) is 3.10. The van der Waals surface area contributed by atoms with Gasteiger partial charge in [0.2, 0.25) is 11.9 Å². The first-order valence-electron chi connectivity index (χ1n) is 6.19. The Morgan fingerprint density at radius 1 is 1.47 bits per heavy atom. The Hall–Kier alpha value is -2.15. The molecule has 2 heterocycles. The van der Waals surface area contributed by atoms with Crippen LogP contribution in [0.2, 0.25) is 0 Å². The number of imidazole rings is 1. The number of carbonyl (C=O) groups excluding carboxylic acids is 1. The van der Waals surface area contributed by atoms with E-state index in [1.165, 1.54) is 6.20 Å². The van der Waals surface area contributed by atoms with Crippen molar-refractivity contribution < 1.29 is 4.79 Å². The number of nitrogen functional groups attached to an aromatic ring is 1. The van der Waals surface area contributed by atoms with Crippen molar-refractivity contribution >= 4 is 23.0 Å². The number of hydrogen-bond donors (Lipinski definition) is 3. The van der Waals surface area contributed by atoms with Gasteiger partial charge in [0.05, 0.1) is 5.56 Å². The SMILES string of the molecule is CNCCCCn1c(N)nc2cc(C(N)=O)cnc21. The molecule has 0 spiro atoms. The van der Waals surface area contributed by atoms with Gasteiger partial charge in [-0.1, -0.05) is 0 Å². The van der Waals surface area contributed by atoms with Crippen molar-refractivity contribution in [1.29, 1.82) is 0 Å². The van der Waals surface area contributed by atoms with Gasteiger partial charge in [-0.05, 0) is 32.5 Å². The number of primary amides is 1. The monoisotopic (exact) mass is 262 g/mol. The highest BCUT2D eigenvalue weighted by Crippen LogP contribution is 2.17. The van der Waals surface area contributed by atoms with Crippen LogP contribution in [0.4, 0.5) is 5.95 Å². The van der Waals surface area contributed by atoms with E-state index in [9.17, 15) is 4.79 Å². The number of fused-ring (bicyclic) bond motifs is 1. The van der Waals surface area contributed by atoms with Gasteiger partial charge in [-0.2, -0.15) is 0 Å². The zero-order valence-electron chi connectivity index (χ0n) is 10.9. The molecule has 19 heavy (non-hydrogen) atoms. The van der Waals surface area contributed by atoms with Crippen molar-refractivity contribution in [3.05, 3.63) is 17.8 Å². The first-order valence-corrected chi connectivity index (χ1v) is 6.19. The molecule has 5 N–H and O–H groups in total. The minimum atomic E-state index is -0.517. The number of unbranched alkanes of at least 4 members (excludes halogenated alkanes) is 1. The number of hydrogen-bond acceptors (Lipinski definition) is 5. The summed E-state index contributed by atoms with van der Waals surface area (Å²) in [6.07, 6.45) is 3.49. The molecule has 2 aromatic rings. The number of carbonyl (C=O) groups is 1. The van der Waals surface area contributed by atoms with E-state index in [-0.39, 0.29) is 0 Å². The summed E-state index contributed by atoms with van der Waals surface area (Å²) in [5.74, 6) is -0.106. The van der Waals surface area contributed by atoms with Gasteiger partial charge in [0.15, 0.2) is 5.65 Å². The van der Waals surface area contributed by atoms with E-state index in [4.69, 9.17) is 11.5 Å². The maximum absolute atomic E-state index is 11.1. The molecule has 0 aliphatic carbocycles. The van der Waals surface area contributed by atoms with Crippen LogP contribution in [0.25, 0.3) is 11.2 Å². The fourth-order valence-electron chi connectivity index (χ4n) is 1.96. The molecule has 0 fully saturated rings. The maximum Gasteiger partial charge on any atom is 0.250 e. The topological polar surface area (TPSA) is 112 Å². The van der Waals surface area contributed by atoms with Crippen LogP contribution in [0.15, 0.2) is 12.3 Å². The highest BCUT2D eigenvalue weighted by Gasteiger charge is 2.11. The lowest BCUT2D eigenvalue weighted by molar-refractivity contribution is 0.1000. The van der Waals surface area contributed by atoms with Gasteiger partial charge in [0, 0.05) is 12.7 Å². The number of nitrogens with two attached hydrogens (primary N) is 2. The van der Waals surface area contributed by atoms with Crippen molar-refractivity contribution in [1.82, 2.24) is 19.9 Å². The highest BCUT2D eigenvalue weighted by atomic mass is 16.1. The molecule has 1 amide bonds. The van der Waals surface area contributed by atoms with Gasteiger partial charge < -0.3 is 16.8 Å². The molecule has 0 saturated carbocycles. The van der Waals surface area contributed by atoms with Crippen molar-refractivity contribution in [2.24, 2.45) is 5.73 Å². The number of aryl methyl sites for hydroxylation is 1. The largest absolute Gasteiger partial charge is 0.369 e. The second kappa shape index (κ2) is 5.66. The van der Waals surface area contributed by atoms with Gasteiger partial charge in [-0.3, -0.25) is 9.36 Å². The molecule has 0 unspecified atom stereocenters. The smallest absolute Gasteiger partial charge is 0.250 e. The molecular weight excluding hydrogens is 244 g/mol. The average Bonchev–Trinajstić information content (AvgIpc) is 2.69. The average molecular weight is 262 g/mol. The van der Waals surface area contributed by atoms with Crippen LogP contribution in [0.5, 0.6) is 0 Å². The Morgan fingerprint density at radius 3 is 2.95 bits per heavy atom. The summed E-state index contributed by atoms with van der Waals surface area (Å²) in [5.41, 5.74) is 12.7. The molecule has 0 atom stereocenters. The molecule has 2 rings (SSSR count). The predicted octanol–water partition coefficient (Wildman–Crippen LogP) is 0.112. The van der Waals surface area contributed by atoms with Crippen molar-refractivity contribution in [3.8, 4) is 0 Å². The third-order valence-electron chi connectivity index (χ3n) is 2.96. The lowest BCUT2D eigenvalue weighted by Crippen LogP contribution is -2.11. The van der Waals surface area contributed by atoms with Crippen LogP contribution in [-0.4, -0.2) is 34.0 Å². The highest BCUT2D eigenvalue weighted by molar-refractivity contribution is 5.95. The molecule has 0 aliphatic heterocycles. The molecule has 0 aromatic carbocycles. The lowest BCUT2D eigenvalue weighted by Gasteiger charge is -2.05. The molecular formula is C12H18N6O. The van der Waals surface area contributed by atoms with E-state index in [2.05, 4.69) is 15.3 Å². The molecule has 7 nitrogen and oxygen atoms in total. The van der Waals surface area contributed by atoms with Gasteiger partial charge >= 0.3 is 0 Å². The zero-order chi connectivity index (χ0) is 13.8. The standard InChI is InChI=1S/C12H18N6O/c1-15-4-2-3-5-18-11-9(17-12(18)14)6-8(7-16-11)10(13)19/h6-7,15H,2-5H2,1H3,(H2,13,19)(H2,14,17). The van der Waals surface area contributed by atoms with Gasteiger partial charge in [0.1, 0.15) is 5.52 Å². The molecule has 0 saturated heterocycles. The van der Waals surface area contributed by atoms with Crippen LogP contribution in [0.3, 0.4) is 0 Å². The maximum atomic E-state index is 11.1.